The lowest BCUT2D eigenvalue weighted by Crippen LogP contribution is -1.98. The molecule has 1 aromatic heterocycles. The van der Waals surface area contributed by atoms with Gasteiger partial charge < -0.3 is 10.2 Å². The van der Waals surface area contributed by atoms with E-state index in [4.69, 9.17) is 4.55 Å². The summed E-state index contributed by atoms with van der Waals surface area (Å²) in [5, 5.41) is 20.7. The van der Waals surface area contributed by atoms with Crippen molar-refractivity contribution in [2.45, 2.75) is 4.90 Å². The number of aromatic hydroxyl groups is 2. The number of rotatable bonds is 1. The molecular weight excluding hydrogens is 332 g/mol. The molecule has 0 radical (unpaired) electrons. The van der Waals surface area contributed by atoms with E-state index in [-0.39, 0.29) is 21.9 Å². The van der Waals surface area contributed by atoms with Crippen molar-refractivity contribution in [3.63, 3.8) is 0 Å². The lowest BCUT2D eigenvalue weighted by atomic mass is 10.1. The van der Waals surface area contributed by atoms with Crippen LogP contribution in [0.2, 0.25) is 0 Å². The molecule has 8 heteroatoms. The van der Waals surface area contributed by atoms with Crippen LogP contribution in [0, 0.1) is 0 Å². The normalized spacial score (nSPS) is 12.2. The Bertz CT molecular complexity index is 1250. The quantitative estimate of drug-likeness (QED) is 0.276. The second-order valence-corrected chi connectivity index (χ2v) is 6.76. The standard InChI is InChI=1S/C16H10N2O5S/c19-8-1-3-10-11(5-8)15(20)7-14-16(10)18-13-6-9(24(21,22)23)2-4-12(13)17-14/h1-7,19-20H,(H,21,22,23). The third kappa shape index (κ3) is 2.20. The van der Waals surface area contributed by atoms with Crippen LogP contribution in [0.3, 0.4) is 0 Å². The zero-order valence-electron chi connectivity index (χ0n) is 12.0. The van der Waals surface area contributed by atoms with Crippen molar-refractivity contribution in [3.8, 4) is 11.5 Å². The first-order chi connectivity index (χ1) is 11.3. The Morgan fingerprint density at radius 2 is 1.58 bits per heavy atom. The summed E-state index contributed by atoms with van der Waals surface area (Å²) in [6, 6.07) is 9.79. The van der Waals surface area contributed by atoms with Gasteiger partial charge in [0.15, 0.2) is 0 Å². The molecule has 7 nitrogen and oxygen atoms in total. The highest BCUT2D eigenvalue weighted by atomic mass is 32.2. The van der Waals surface area contributed by atoms with E-state index in [0.717, 1.165) is 0 Å². The van der Waals surface area contributed by atoms with Crippen molar-refractivity contribution in [2.24, 2.45) is 0 Å². The number of fused-ring (bicyclic) bond motifs is 4. The van der Waals surface area contributed by atoms with Gasteiger partial charge in [-0.2, -0.15) is 8.42 Å². The van der Waals surface area contributed by atoms with Crippen LogP contribution in [0.5, 0.6) is 11.5 Å². The van der Waals surface area contributed by atoms with E-state index >= 15 is 0 Å². The summed E-state index contributed by atoms with van der Waals surface area (Å²) in [5.74, 6) is -0.0452. The number of aromatic nitrogens is 2. The minimum atomic E-state index is -4.34. The van der Waals surface area contributed by atoms with Gasteiger partial charge in [-0.1, -0.05) is 0 Å². The first-order valence-corrected chi connectivity index (χ1v) is 8.31. The van der Waals surface area contributed by atoms with E-state index in [1.807, 2.05) is 0 Å². The number of hydrogen-bond donors (Lipinski definition) is 3. The molecule has 0 aliphatic rings. The molecule has 0 aliphatic heterocycles. The van der Waals surface area contributed by atoms with Crippen molar-refractivity contribution < 1.29 is 23.2 Å². The van der Waals surface area contributed by atoms with Crippen molar-refractivity contribution in [3.05, 3.63) is 42.5 Å². The maximum atomic E-state index is 11.3. The monoisotopic (exact) mass is 342 g/mol. The highest BCUT2D eigenvalue weighted by Crippen LogP contribution is 2.34. The summed E-state index contributed by atoms with van der Waals surface area (Å²) >= 11 is 0. The zero-order chi connectivity index (χ0) is 17.1. The fraction of sp³-hybridized carbons (Fsp3) is 0. The Morgan fingerprint density at radius 1 is 0.792 bits per heavy atom. The van der Waals surface area contributed by atoms with Crippen LogP contribution in [0.1, 0.15) is 0 Å². The highest BCUT2D eigenvalue weighted by molar-refractivity contribution is 7.85. The molecule has 0 saturated heterocycles. The molecule has 4 rings (SSSR count). The van der Waals surface area contributed by atoms with Gasteiger partial charge in [0.2, 0.25) is 0 Å². The first-order valence-electron chi connectivity index (χ1n) is 6.87. The maximum Gasteiger partial charge on any atom is 0.294 e. The predicted octanol–water partition coefficient (Wildman–Crippen LogP) is 2.59. The molecule has 0 fully saturated rings. The maximum absolute atomic E-state index is 11.3. The highest BCUT2D eigenvalue weighted by Gasteiger charge is 2.14. The van der Waals surface area contributed by atoms with E-state index < -0.39 is 10.1 Å². The summed E-state index contributed by atoms with van der Waals surface area (Å²) in [4.78, 5) is 8.52. The molecule has 24 heavy (non-hydrogen) atoms. The Morgan fingerprint density at radius 3 is 2.33 bits per heavy atom. The molecule has 0 atom stereocenters. The van der Waals surface area contributed by atoms with Gasteiger partial charge >= 0.3 is 0 Å². The lowest BCUT2D eigenvalue weighted by Gasteiger charge is -2.08. The minimum Gasteiger partial charge on any atom is -0.508 e. The number of hydrogen-bond acceptors (Lipinski definition) is 6. The average molecular weight is 342 g/mol. The Kier molecular flexibility index (Phi) is 2.90. The van der Waals surface area contributed by atoms with E-state index in [2.05, 4.69) is 9.97 Å². The number of phenolic OH excluding ortho intramolecular Hbond substituents is 2. The average Bonchev–Trinajstić information content (AvgIpc) is 2.52. The molecule has 3 aromatic carbocycles. The predicted molar refractivity (Wildman–Crippen MR) is 87.7 cm³/mol. The van der Waals surface area contributed by atoms with Crippen molar-refractivity contribution in [1.29, 1.82) is 0 Å². The van der Waals surface area contributed by atoms with Crippen LogP contribution in [0.15, 0.2) is 47.4 Å². The number of benzene rings is 3. The molecule has 0 aliphatic carbocycles. The minimum absolute atomic E-state index is 0.000409. The Balaban J connectivity index is 2.15. The third-order valence-corrected chi connectivity index (χ3v) is 4.62. The third-order valence-electron chi connectivity index (χ3n) is 3.77. The van der Waals surface area contributed by atoms with E-state index in [9.17, 15) is 18.6 Å². The first kappa shape index (κ1) is 14.6. The lowest BCUT2D eigenvalue weighted by molar-refractivity contribution is 0.472. The summed E-state index contributed by atoms with van der Waals surface area (Å²) in [6.07, 6.45) is 0. The SMILES string of the molecule is O=S(=O)(O)c1ccc2nc3cc(O)c4cc(O)ccc4c3nc2c1. The molecule has 120 valence electrons. The molecule has 0 unspecified atom stereocenters. The molecule has 4 aromatic rings. The van der Waals surface area contributed by atoms with Crippen LogP contribution >= 0.6 is 0 Å². The molecule has 1 heterocycles. The van der Waals surface area contributed by atoms with E-state index in [1.54, 1.807) is 6.07 Å². The van der Waals surface area contributed by atoms with Gasteiger partial charge in [0.05, 0.1) is 27.0 Å². The summed E-state index contributed by atoms with van der Waals surface area (Å²) < 4.78 is 31.7. The summed E-state index contributed by atoms with van der Waals surface area (Å²) in [5.41, 5.74) is 1.59. The molecule has 0 saturated carbocycles. The number of nitrogens with zero attached hydrogens (tertiary/aromatic N) is 2. The second kappa shape index (κ2) is 4.76. The van der Waals surface area contributed by atoms with Crippen LogP contribution < -0.4 is 0 Å². The van der Waals surface area contributed by atoms with Crippen LogP contribution in [-0.2, 0) is 10.1 Å². The van der Waals surface area contributed by atoms with Gasteiger partial charge in [0.25, 0.3) is 10.1 Å². The zero-order valence-corrected chi connectivity index (χ0v) is 12.8. The van der Waals surface area contributed by atoms with Gasteiger partial charge in [-0.25, -0.2) is 9.97 Å². The van der Waals surface area contributed by atoms with E-state index in [0.29, 0.717) is 27.3 Å². The van der Waals surface area contributed by atoms with Gasteiger partial charge in [-0.3, -0.25) is 4.55 Å². The van der Waals surface area contributed by atoms with Crippen LogP contribution in [-0.4, -0.2) is 33.2 Å². The molecule has 3 N–H and O–H groups in total. The van der Waals surface area contributed by atoms with Gasteiger partial charge in [-0.15, -0.1) is 0 Å². The molecule has 0 amide bonds. The van der Waals surface area contributed by atoms with E-state index in [1.165, 1.54) is 36.4 Å². The molecular formula is C16H10N2O5S. The van der Waals surface area contributed by atoms with Gasteiger partial charge in [0, 0.05) is 16.8 Å². The molecule has 0 spiro atoms. The smallest absolute Gasteiger partial charge is 0.294 e. The Hall–Kier alpha value is -2.97. The fourth-order valence-electron chi connectivity index (χ4n) is 2.66. The molecule has 0 bridgehead atoms. The topological polar surface area (TPSA) is 121 Å². The van der Waals surface area contributed by atoms with Crippen LogP contribution in [0.4, 0.5) is 0 Å². The largest absolute Gasteiger partial charge is 0.508 e. The Labute approximate surface area is 135 Å². The second-order valence-electron chi connectivity index (χ2n) is 5.34. The summed E-state index contributed by atoms with van der Waals surface area (Å²) in [6.45, 7) is 0. The number of phenols is 2. The van der Waals surface area contributed by atoms with Crippen LogP contribution in [0.25, 0.3) is 32.8 Å². The fourth-order valence-corrected chi connectivity index (χ4v) is 3.17. The van der Waals surface area contributed by atoms with Gasteiger partial charge in [-0.05, 0) is 36.4 Å². The van der Waals surface area contributed by atoms with Crippen molar-refractivity contribution in [1.82, 2.24) is 9.97 Å². The summed E-state index contributed by atoms with van der Waals surface area (Å²) in [7, 11) is -4.34. The van der Waals surface area contributed by atoms with Crippen molar-refractivity contribution in [2.75, 3.05) is 0 Å². The van der Waals surface area contributed by atoms with Gasteiger partial charge in [0.1, 0.15) is 11.5 Å². The van der Waals surface area contributed by atoms with Crippen molar-refractivity contribution >= 4 is 43.0 Å².